The molecule has 0 amide bonds. The van der Waals surface area contributed by atoms with Gasteiger partial charge in [0.1, 0.15) is 0 Å². The zero-order chi connectivity index (χ0) is 6.62. The summed E-state index contributed by atoms with van der Waals surface area (Å²) in [5.74, 6) is -2.66. The van der Waals surface area contributed by atoms with Gasteiger partial charge in [0.2, 0.25) is 0 Å². The highest BCUT2D eigenvalue weighted by Gasteiger charge is 2.16. The van der Waals surface area contributed by atoms with Gasteiger partial charge in [0.25, 0.3) is 5.97 Å². The van der Waals surface area contributed by atoms with Gasteiger partial charge >= 0.3 is 0 Å². The maximum atomic E-state index is 9.62. The highest BCUT2D eigenvalue weighted by atomic mass is 31.1. The van der Waals surface area contributed by atoms with E-state index in [9.17, 15) is 4.57 Å². The maximum absolute atomic E-state index is 9.62. The molecule has 0 saturated heterocycles. The highest BCUT2D eigenvalue weighted by molar-refractivity contribution is 7.23. The van der Waals surface area contributed by atoms with Crippen molar-refractivity contribution in [1.82, 2.24) is 0 Å². The molecule has 48 valence electrons. The van der Waals surface area contributed by atoms with Crippen molar-refractivity contribution in [3.8, 4) is 0 Å². The largest absolute Gasteiger partial charge is 0.344 e. The minimum absolute atomic E-state index is 0.0451. The van der Waals surface area contributed by atoms with Gasteiger partial charge in [-0.3, -0.25) is 4.57 Å². The molecule has 0 rings (SSSR count). The normalized spacial score (nSPS) is 12.4. The van der Waals surface area contributed by atoms with Crippen LogP contribution in [0.25, 0.3) is 0 Å². The van der Waals surface area contributed by atoms with Crippen molar-refractivity contribution in [2.45, 2.75) is 12.4 Å². The lowest BCUT2D eigenvalue weighted by Crippen LogP contribution is -2.27. The molecule has 8 heavy (non-hydrogen) atoms. The molecule has 0 aromatic rings. The summed E-state index contributed by atoms with van der Waals surface area (Å²) in [5, 5.41) is 24.3. The van der Waals surface area contributed by atoms with Crippen molar-refractivity contribution in [3.63, 3.8) is 0 Å². The lowest BCUT2D eigenvalue weighted by Gasteiger charge is -2.09. The van der Waals surface area contributed by atoms with Crippen LogP contribution in [0.1, 0.15) is 6.42 Å². The molecular weight excluding hydrogens is 131 g/mol. The summed E-state index contributed by atoms with van der Waals surface area (Å²) in [6.07, 6.45) is -0.248. The number of rotatable bonds is 3. The number of hydrogen-bond donors (Lipinski definition) is 3. The van der Waals surface area contributed by atoms with Gasteiger partial charge in [0, 0.05) is 12.6 Å². The Labute approximate surface area is 48.0 Å². The molecule has 4 nitrogen and oxygen atoms in total. The van der Waals surface area contributed by atoms with E-state index in [4.69, 9.17) is 15.3 Å². The minimum atomic E-state index is -2.66. The van der Waals surface area contributed by atoms with E-state index < -0.39 is 5.97 Å². The summed E-state index contributed by atoms with van der Waals surface area (Å²) in [4.78, 5) is 0. The SMILES string of the molecule is O=PCCC(O)(O)O. The number of aliphatic hydroxyl groups is 3. The van der Waals surface area contributed by atoms with Crippen LogP contribution in [0, 0.1) is 0 Å². The van der Waals surface area contributed by atoms with Crippen LogP contribution in [-0.4, -0.2) is 27.5 Å². The molecule has 0 aromatic carbocycles. The second-order valence-electron chi connectivity index (χ2n) is 1.38. The van der Waals surface area contributed by atoms with Crippen LogP contribution in [0.3, 0.4) is 0 Å². The Kier molecular flexibility index (Phi) is 3.09. The Balaban J connectivity index is 3.24. The molecule has 0 unspecified atom stereocenters. The second-order valence-corrected chi connectivity index (χ2v) is 2.08. The van der Waals surface area contributed by atoms with E-state index in [1.807, 2.05) is 0 Å². The second kappa shape index (κ2) is 3.10. The third kappa shape index (κ3) is 5.98. The van der Waals surface area contributed by atoms with Gasteiger partial charge in [0.15, 0.2) is 8.46 Å². The van der Waals surface area contributed by atoms with Crippen LogP contribution in [0.5, 0.6) is 0 Å². The molecule has 0 spiro atoms. The van der Waals surface area contributed by atoms with Crippen LogP contribution in [0.15, 0.2) is 0 Å². The zero-order valence-corrected chi connectivity index (χ0v) is 5.01. The van der Waals surface area contributed by atoms with Crippen molar-refractivity contribution in [2.75, 3.05) is 6.16 Å². The van der Waals surface area contributed by atoms with Crippen molar-refractivity contribution in [2.24, 2.45) is 0 Å². The summed E-state index contributed by atoms with van der Waals surface area (Å²) < 4.78 is 9.62. The lowest BCUT2D eigenvalue weighted by atomic mass is 10.4. The molecule has 0 aliphatic rings. The van der Waals surface area contributed by atoms with E-state index in [2.05, 4.69) is 0 Å². The maximum Gasteiger partial charge on any atom is 0.276 e. The fourth-order valence-corrected chi connectivity index (χ4v) is 0.587. The quantitative estimate of drug-likeness (QED) is 0.356. The minimum Gasteiger partial charge on any atom is -0.344 e. The average molecular weight is 138 g/mol. The van der Waals surface area contributed by atoms with Crippen LogP contribution >= 0.6 is 8.46 Å². The van der Waals surface area contributed by atoms with E-state index in [0.29, 0.717) is 0 Å². The molecule has 5 heteroatoms. The van der Waals surface area contributed by atoms with E-state index in [0.717, 1.165) is 0 Å². The van der Waals surface area contributed by atoms with Crippen LogP contribution < -0.4 is 0 Å². The first-order valence-electron chi connectivity index (χ1n) is 2.02. The number of hydrogen-bond acceptors (Lipinski definition) is 4. The highest BCUT2D eigenvalue weighted by Crippen LogP contribution is 2.04. The molecular formula is C3H7O4P. The smallest absolute Gasteiger partial charge is 0.276 e. The summed E-state index contributed by atoms with van der Waals surface area (Å²) in [6, 6.07) is 0. The van der Waals surface area contributed by atoms with E-state index in [-0.39, 0.29) is 21.0 Å². The van der Waals surface area contributed by atoms with E-state index in [1.54, 1.807) is 0 Å². The predicted molar refractivity (Wildman–Crippen MR) is 26.5 cm³/mol. The zero-order valence-electron chi connectivity index (χ0n) is 4.11. The monoisotopic (exact) mass is 138 g/mol. The van der Waals surface area contributed by atoms with Gasteiger partial charge in [-0.2, -0.15) is 0 Å². The van der Waals surface area contributed by atoms with Crippen molar-refractivity contribution in [3.05, 3.63) is 0 Å². The van der Waals surface area contributed by atoms with Crippen LogP contribution in [-0.2, 0) is 4.57 Å². The van der Waals surface area contributed by atoms with Crippen molar-refractivity contribution < 1.29 is 19.9 Å². The molecule has 0 aliphatic carbocycles. The molecule has 0 atom stereocenters. The average Bonchev–Trinajstić information content (AvgIpc) is 1.59. The summed E-state index contributed by atoms with van der Waals surface area (Å²) in [6.45, 7) is 0. The molecule has 3 N–H and O–H groups in total. The molecule has 0 heterocycles. The molecule has 0 saturated carbocycles. The fraction of sp³-hybridized carbons (Fsp3) is 1.00. The van der Waals surface area contributed by atoms with Gasteiger partial charge in [-0.05, 0) is 0 Å². The molecule has 0 fully saturated rings. The Morgan fingerprint density at radius 3 is 2.00 bits per heavy atom. The van der Waals surface area contributed by atoms with Crippen molar-refractivity contribution in [1.29, 1.82) is 0 Å². The lowest BCUT2D eigenvalue weighted by molar-refractivity contribution is -0.311. The first-order chi connectivity index (χ1) is 3.56. The predicted octanol–water partition coefficient (Wildman–Crippen LogP) is -0.701. The summed E-state index contributed by atoms with van der Waals surface area (Å²) >= 11 is 0. The first-order valence-corrected chi connectivity index (χ1v) is 3.02. The van der Waals surface area contributed by atoms with Gasteiger partial charge in [-0.25, -0.2) is 0 Å². The standard InChI is InChI=1S/C3H7O4P/c4-3(5,6)1-2-8-7/h4-6H,1-2H2. The Morgan fingerprint density at radius 1 is 1.38 bits per heavy atom. The van der Waals surface area contributed by atoms with Gasteiger partial charge in [0.05, 0.1) is 0 Å². The summed E-state index contributed by atoms with van der Waals surface area (Å²) in [5.41, 5.74) is 0. The van der Waals surface area contributed by atoms with E-state index >= 15 is 0 Å². The fourth-order valence-electron chi connectivity index (χ4n) is 0.196. The van der Waals surface area contributed by atoms with Gasteiger partial charge in [-0.1, -0.05) is 0 Å². The Morgan fingerprint density at radius 2 is 1.88 bits per heavy atom. The molecule has 0 radical (unpaired) electrons. The Bertz CT molecular complexity index is 75.8. The molecule has 0 aliphatic heterocycles. The van der Waals surface area contributed by atoms with Crippen LogP contribution in [0.2, 0.25) is 0 Å². The van der Waals surface area contributed by atoms with Crippen molar-refractivity contribution >= 4 is 8.46 Å². The Hall–Kier alpha value is -0.0200. The molecule has 0 bridgehead atoms. The third-order valence-electron chi connectivity index (χ3n) is 0.539. The van der Waals surface area contributed by atoms with Gasteiger partial charge < -0.3 is 15.3 Å². The molecule has 0 aromatic heterocycles. The van der Waals surface area contributed by atoms with Crippen LogP contribution in [0.4, 0.5) is 0 Å². The summed E-state index contributed by atoms with van der Waals surface area (Å²) in [7, 11) is -0.200. The third-order valence-corrected chi connectivity index (χ3v) is 0.945. The topological polar surface area (TPSA) is 77.8 Å². The van der Waals surface area contributed by atoms with E-state index in [1.165, 1.54) is 0 Å². The van der Waals surface area contributed by atoms with Gasteiger partial charge in [-0.15, -0.1) is 0 Å². The first kappa shape index (κ1) is 7.98.